The minimum absolute atomic E-state index is 0.103. The summed E-state index contributed by atoms with van der Waals surface area (Å²) < 4.78 is 14.1. The van der Waals surface area contributed by atoms with E-state index in [1.807, 2.05) is 18.2 Å². The van der Waals surface area contributed by atoms with E-state index in [4.69, 9.17) is 16.6 Å². The van der Waals surface area contributed by atoms with Crippen LogP contribution in [-0.4, -0.2) is 39.4 Å². The van der Waals surface area contributed by atoms with Crippen LogP contribution in [0.5, 0.6) is 0 Å². The number of imidazole rings is 1. The molecule has 1 atom stereocenters. The fourth-order valence-electron chi connectivity index (χ4n) is 6.98. The maximum absolute atomic E-state index is 14.1. The third-order valence-electron chi connectivity index (χ3n) is 9.10. The average molecular weight is 590 g/mol. The van der Waals surface area contributed by atoms with Gasteiger partial charge >= 0.3 is 0 Å². The first kappa shape index (κ1) is 27.8. The smallest absolute Gasteiger partial charge is 0.144 e. The fourth-order valence-corrected chi connectivity index (χ4v) is 7.15. The number of halogens is 2. The normalized spacial score (nSPS) is 18.0. The molecule has 1 unspecified atom stereocenters. The Morgan fingerprint density at radius 2 is 1.72 bits per heavy atom. The SMILES string of the molecule is N#Cc1cccc(-c2ccc3c(c2)CCN(Cc2nc4cc(F)c(Cl)cc4[nH]2)C3C2CCN(Cc3ccccc3)CC2)c1. The summed E-state index contributed by atoms with van der Waals surface area (Å²) in [5, 5.41) is 9.52. The molecule has 2 aliphatic heterocycles. The van der Waals surface area contributed by atoms with Crippen LogP contribution in [0.25, 0.3) is 22.2 Å². The van der Waals surface area contributed by atoms with Gasteiger partial charge in [0.1, 0.15) is 11.6 Å². The number of likely N-dealkylation sites (tertiary alicyclic amines) is 1. The summed E-state index contributed by atoms with van der Waals surface area (Å²) in [5.41, 5.74) is 8.39. The zero-order valence-electron chi connectivity index (χ0n) is 23.9. The Hall–Kier alpha value is -4.02. The van der Waals surface area contributed by atoms with Crippen molar-refractivity contribution in [3.8, 4) is 17.2 Å². The molecule has 4 aromatic carbocycles. The lowest BCUT2D eigenvalue weighted by Gasteiger charge is -2.44. The lowest BCUT2D eigenvalue weighted by molar-refractivity contribution is 0.0701. The van der Waals surface area contributed by atoms with Crippen LogP contribution < -0.4 is 0 Å². The van der Waals surface area contributed by atoms with Gasteiger partial charge in [0, 0.05) is 25.2 Å². The number of H-pyrrole nitrogens is 1. The highest BCUT2D eigenvalue weighted by Gasteiger charge is 2.36. The molecule has 0 aliphatic carbocycles. The van der Waals surface area contributed by atoms with Gasteiger partial charge < -0.3 is 4.98 Å². The Bertz CT molecular complexity index is 1760. The Kier molecular flexibility index (Phi) is 7.71. The summed E-state index contributed by atoms with van der Waals surface area (Å²) in [7, 11) is 0. The summed E-state index contributed by atoms with van der Waals surface area (Å²) in [6, 6.07) is 31.0. The van der Waals surface area contributed by atoms with Crippen molar-refractivity contribution in [2.45, 2.75) is 38.4 Å². The summed E-state index contributed by atoms with van der Waals surface area (Å²) in [5.74, 6) is 0.891. The second-order valence-corrected chi connectivity index (χ2v) is 12.2. The van der Waals surface area contributed by atoms with Crippen molar-refractivity contribution in [3.05, 3.63) is 124 Å². The summed E-state index contributed by atoms with van der Waals surface area (Å²) >= 11 is 6.05. The quantitative estimate of drug-likeness (QED) is 0.219. The molecule has 2 aliphatic rings. The number of piperidine rings is 1. The van der Waals surface area contributed by atoms with Crippen LogP contribution in [0.3, 0.4) is 0 Å². The van der Waals surface area contributed by atoms with Crippen LogP contribution >= 0.6 is 11.6 Å². The number of nitriles is 1. The molecule has 43 heavy (non-hydrogen) atoms. The van der Waals surface area contributed by atoms with Crippen molar-refractivity contribution >= 4 is 22.6 Å². The van der Waals surface area contributed by atoms with Crippen molar-refractivity contribution < 1.29 is 4.39 Å². The number of fused-ring (bicyclic) bond motifs is 2. The highest BCUT2D eigenvalue weighted by molar-refractivity contribution is 6.31. The number of rotatable bonds is 6. The zero-order chi connectivity index (χ0) is 29.3. The molecule has 7 heteroatoms. The highest BCUT2D eigenvalue weighted by Crippen LogP contribution is 2.42. The molecule has 1 aromatic heterocycles. The van der Waals surface area contributed by atoms with Crippen LogP contribution in [0.4, 0.5) is 4.39 Å². The third kappa shape index (κ3) is 5.81. The van der Waals surface area contributed by atoms with Crippen LogP contribution in [0.1, 0.15) is 47.0 Å². The van der Waals surface area contributed by atoms with Crippen LogP contribution in [-0.2, 0) is 19.5 Å². The van der Waals surface area contributed by atoms with E-state index >= 15 is 0 Å². The van der Waals surface area contributed by atoms with Gasteiger partial charge in [-0.1, -0.05) is 72.3 Å². The second-order valence-electron chi connectivity index (χ2n) is 11.8. The Morgan fingerprint density at radius 3 is 2.53 bits per heavy atom. The van der Waals surface area contributed by atoms with Crippen molar-refractivity contribution in [2.75, 3.05) is 19.6 Å². The minimum atomic E-state index is -0.449. The van der Waals surface area contributed by atoms with Crippen LogP contribution in [0.15, 0.2) is 84.9 Å². The second kappa shape index (κ2) is 11.9. The molecule has 216 valence electrons. The maximum atomic E-state index is 14.1. The van der Waals surface area contributed by atoms with Gasteiger partial charge in [-0.25, -0.2) is 9.37 Å². The molecule has 0 spiro atoms. The van der Waals surface area contributed by atoms with Crippen molar-refractivity contribution in [1.82, 2.24) is 19.8 Å². The van der Waals surface area contributed by atoms with Gasteiger partial charge in [-0.2, -0.15) is 5.26 Å². The number of hydrogen-bond acceptors (Lipinski definition) is 4. The number of hydrogen-bond donors (Lipinski definition) is 1. The summed E-state index contributed by atoms with van der Waals surface area (Å²) in [4.78, 5) is 13.3. The number of nitrogens with one attached hydrogen (secondary N) is 1. The molecule has 0 radical (unpaired) electrons. The van der Waals surface area contributed by atoms with Crippen molar-refractivity contribution in [2.24, 2.45) is 5.92 Å². The van der Waals surface area contributed by atoms with Crippen LogP contribution in [0, 0.1) is 23.1 Å². The van der Waals surface area contributed by atoms with E-state index in [0.29, 0.717) is 23.5 Å². The number of aromatic nitrogens is 2. The van der Waals surface area contributed by atoms with Gasteiger partial charge in [0.25, 0.3) is 0 Å². The van der Waals surface area contributed by atoms with Crippen LogP contribution in [0.2, 0.25) is 5.02 Å². The first-order valence-electron chi connectivity index (χ1n) is 15.0. The molecule has 1 fully saturated rings. The molecule has 0 bridgehead atoms. The van der Waals surface area contributed by atoms with E-state index in [1.54, 1.807) is 6.07 Å². The van der Waals surface area contributed by atoms with Gasteiger partial charge in [-0.15, -0.1) is 0 Å². The molecule has 0 saturated carbocycles. The number of aromatic amines is 1. The molecular weight excluding hydrogens is 557 g/mol. The molecule has 7 rings (SSSR count). The Labute approximate surface area is 256 Å². The number of nitrogens with zero attached hydrogens (tertiary/aromatic N) is 4. The lowest BCUT2D eigenvalue weighted by Crippen LogP contribution is -2.43. The minimum Gasteiger partial charge on any atom is -0.341 e. The van der Waals surface area contributed by atoms with Crippen molar-refractivity contribution in [3.63, 3.8) is 0 Å². The monoisotopic (exact) mass is 589 g/mol. The predicted molar refractivity (Wildman–Crippen MR) is 169 cm³/mol. The molecular formula is C36H33ClFN5. The molecule has 5 aromatic rings. The topological polar surface area (TPSA) is 59.0 Å². The van der Waals surface area contributed by atoms with E-state index in [1.165, 1.54) is 22.8 Å². The van der Waals surface area contributed by atoms with Crippen molar-refractivity contribution in [1.29, 1.82) is 5.26 Å². The average Bonchev–Trinajstić information content (AvgIpc) is 3.42. The van der Waals surface area contributed by atoms with Gasteiger partial charge in [-0.3, -0.25) is 9.80 Å². The van der Waals surface area contributed by atoms with E-state index in [-0.39, 0.29) is 11.1 Å². The van der Waals surface area contributed by atoms with E-state index < -0.39 is 5.82 Å². The first-order valence-corrected chi connectivity index (χ1v) is 15.4. The molecule has 1 saturated heterocycles. The Balaban J connectivity index is 1.18. The predicted octanol–water partition coefficient (Wildman–Crippen LogP) is 7.91. The third-order valence-corrected chi connectivity index (χ3v) is 9.39. The van der Waals surface area contributed by atoms with E-state index in [2.05, 4.69) is 75.5 Å². The van der Waals surface area contributed by atoms with Gasteiger partial charge in [-0.05, 0) is 84.3 Å². The molecule has 0 amide bonds. The van der Waals surface area contributed by atoms with Gasteiger partial charge in [0.2, 0.25) is 0 Å². The Morgan fingerprint density at radius 1 is 0.907 bits per heavy atom. The zero-order valence-corrected chi connectivity index (χ0v) is 24.7. The highest BCUT2D eigenvalue weighted by atomic mass is 35.5. The van der Waals surface area contributed by atoms with E-state index in [0.717, 1.165) is 67.9 Å². The lowest BCUT2D eigenvalue weighted by atomic mass is 9.79. The summed E-state index contributed by atoms with van der Waals surface area (Å²) in [6.45, 7) is 4.70. The standard InChI is InChI=1S/C36H33ClFN5/c37-31-19-33-34(20-32(31)38)41-35(40-33)23-43-16-13-29-18-28(27-8-4-7-25(17-27)21-39)9-10-30(29)36(43)26-11-14-42(15-12-26)22-24-5-2-1-3-6-24/h1-10,17-20,26,36H,11-16,22-23H2,(H,40,41). The summed E-state index contributed by atoms with van der Waals surface area (Å²) in [6.07, 6.45) is 3.19. The fraction of sp³-hybridized carbons (Fsp3) is 0.278. The first-order chi connectivity index (χ1) is 21.0. The molecule has 1 N–H and O–H groups in total. The molecule has 3 heterocycles. The van der Waals surface area contributed by atoms with Gasteiger partial charge in [0.05, 0.1) is 34.2 Å². The molecule has 5 nitrogen and oxygen atoms in total. The van der Waals surface area contributed by atoms with E-state index in [9.17, 15) is 9.65 Å². The maximum Gasteiger partial charge on any atom is 0.144 e. The largest absolute Gasteiger partial charge is 0.341 e. The van der Waals surface area contributed by atoms with Gasteiger partial charge in [0.15, 0.2) is 0 Å². The number of benzene rings is 4.